The number of nitrogens with one attached hydrogen (secondary N) is 2. The second-order valence-corrected chi connectivity index (χ2v) is 2.75. The molecule has 0 bridgehead atoms. The SMILES string of the molecule is O=C(O)C(=O)O.[NH-]C1CCCC1[NH-].[Pt]. The van der Waals surface area contributed by atoms with Gasteiger partial charge in [0.1, 0.15) is 0 Å². The molecule has 1 rings (SSSR count). The Balaban J connectivity index is 0. The average molecular weight is 383 g/mol. The molecule has 1 fully saturated rings. The topological polar surface area (TPSA) is 122 Å². The summed E-state index contributed by atoms with van der Waals surface area (Å²) in [5, 5.41) is 14.8. The Hall–Kier alpha value is -0.452. The molecule has 1 aliphatic carbocycles. The number of hydrogen-bond donors (Lipinski definition) is 2. The first-order chi connectivity index (χ1) is 5.95. The maximum absolute atomic E-state index is 9.10. The van der Waals surface area contributed by atoms with E-state index in [4.69, 9.17) is 31.3 Å². The summed E-state index contributed by atoms with van der Waals surface area (Å²) in [6.07, 6.45) is 3.00. The van der Waals surface area contributed by atoms with E-state index in [9.17, 15) is 0 Å². The second-order valence-electron chi connectivity index (χ2n) is 2.75. The summed E-state index contributed by atoms with van der Waals surface area (Å²) in [5.41, 5.74) is 14.3. The molecule has 0 radical (unpaired) electrons. The van der Waals surface area contributed by atoms with E-state index in [0.717, 1.165) is 19.3 Å². The number of hydrogen-bond acceptors (Lipinski definition) is 2. The van der Waals surface area contributed by atoms with Gasteiger partial charge in [0.2, 0.25) is 0 Å². The molecule has 0 aromatic carbocycles. The molecule has 4 N–H and O–H groups in total. The summed E-state index contributed by atoms with van der Waals surface area (Å²) < 4.78 is 0. The molecule has 86 valence electrons. The Morgan fingerprint density at radius 3 is 1.36 bits per heavy atom. The molecule has 7 heteroatoms. The van der Waals surface area contributed by atoms with E-state index in [1.54, 1.807) is 0 Å². The van der Waals surface area contributed by atoms with E-state index in [-0.39, 0.29) is 33.1 Å². The molecule has 2 unspecified atom stereocenters. The normalized spacial score (nSPS) is 24.1. The van der Waals surface area contributed by atoms with Crippen LogP contribution in [0.5, 0.6) is 0 Å². The van der Waals surface area contributed by atoms with Gasteiger partial charge in [0, 0.05) is 21.1 Å². The van der Waals surface area contributed by atoms with Crippen LogP contribution in [0.15, 0.2) is 0 Å². The van der Waals surface area contributed by atoms with Crippen LogP contribution in [-0.2, 0) is 30.7 Å². The summed E-state index contributed by atoms with van der Waals surface area (Å²) >= 11 is 0. The van der Waals surface area contributed by atoms with Crippen LogP contribution in [0.2, 0.25) is 0 Å². The largest absolute Gasteiger partial charge is 0.676 e. The fourth-order valence-electron chi connectivity index (χ4n) is 0.960. The molecule has 0 aromatic rings. The molecule has 14 heavy (non-hydrogen) atoms. The van der Waals surface area contributed by atoms with Gasteiger partial charge in [0.05, 0.1) is 0 Å². The minimum Gasteiger partial charge on any atom is -0.676 e. The van der Waals surface area contributed by atoms with Gasteiger partial charge < -0.3 is 21.7 Å². The van der Waals surface area contributed by atoms with E-state index in [0.29, 0.717) is 0 Å². The number of rotatable bonds is 0. The zero-order chi connectivity index (χ0) is 10.4. The van der Waals surface area contributed by atoms with E-state index in [2.05, 4.69) is 0 Å². The Morgan fingerprint density at radius 2 is 1.29 bits per heavy atom. The van der Waals surface area contributed by atoms with Gasteiger partial charge in [-0.25, -0.2) is 9.59 Å². The van der Waals surface area contributed by atoms with Gasteiger partial charge in [-0.15, -0.1) is 0 Å². The van der Waals surface area contributed by atoms with Gasteiger partial charge in [-0.05, 0) is 0 Å². The fourth-order valence-corrected chi connectivity index (χ4v) is 0.960. The van der Waals surface area contributed by atoms with E-state index in [1.165, 1.54) is 0 Å². The predicted octanol–water partition coefficient (Wildman–Crippen LogP) is 1.17. The molecule has 1 aliphatic rings. The molecule has 0 heterocycles. The van der Waals surface area contributed by atoms with E-state index >= 15 is 0 Å². The van der Waals surface area contributed by atoms with Gasteiger partial charge in [-0.1, -0.05) is 19.3 Å². The van der Waals surface area contributed by atoms with Gasteiger partial charge >= 0.3 is 11.9 Å². The van der Waals surface area contributed by atoms with Crippen molar-refractivity contribution in [2.75, 3.05) is 0 Å². The maximum atomic E-state index is 9.10. The van der Waals surface area contributed by atoms with Gasteiger partial charge in [0.25, 0.3) is 0 Å². The van der Waals surface area contributed by atoms with Crippen LogP contribution in [0.1, 0.15) is 19.3 Å². The summed E-state index contributed by atoms with van der Waals surface area (Å²) in [6.45, 7) is 0. The van der Waals surface area contributed by atoms with Crippen LogP contribution in [0.3, 0.4) is 0 Å². The van der Waals surface area contributed by atoms with Crippen LogP contribution in [0.25, 0.3) is 11.5 Å². The maximum Gasteiger partial charge on any atom is 0.414 e. The quantitative estimate of drug-likeness (QED) is 0.610. The Bertz CT molecular complexity index is 180. The zero-order valence-corrected chi connectivity index (χ0v) is 9.58. The van der Waals surface area contributed by atoms with Crippen molar-refractivity contribution < 1.29 is 40.9 Å². The summed E-state index contributed by atoms with van der Waals surface area (Å²) in [6, 6.07) is -0.139. The van der Waals surface area contributed by atoms with Crippen LogP contribution < -0.4 is 0 Å². The molecular weight excluding hydrogens is 371 g/mol. The Morgan fingerprint density at radius 1 is 1.00 bits per heavy atom. The van der Waals surface area contributed by atoms with Gasteiger partial charge in [-0.2, -0.15) is 12.1 Å². The fraction of sp³-hybridized carbons (Fsp3) is 0.714. The van der Waals surface area contributed by atoms with Crippen molar-refractivity contribution in [1.29, 1.82) is 0 Å². The smallest absolute Gasteiger partial charge is 0.414 e. The molecule has 0 aliphatic heterocycles. The van der Waals surface area contributed by atoms with Gasteiger partial charge in [0.15, 0.2) is 0 Å². The number of aliphatic carboxylic acids is 2. The van der Waals surface area contributed by atoms with Crippen molar-refractivity contribution in [3.8, 4) is 0 Å². The van der Waals surface area contributed by atoms with E-state index < -0.39 is 11.9 Å². The first-order valence-electron chi connectivity index (χ1n) is 3.83. The molecule has 0 saturated heterocycles. The molecule has 2 atom stereocenters. The van der Waals surface area contributed by atoms with Crippen LogP contribution in [0, 0.1) is 0 Å². The summed E-state index contributed by atoms with van der Waals surface area (Å²) in [5.74, 6) is -3.65. The van der Waals surface area contributed by atoms with Crippen molar-refractivity contribution in [2.45, 2.75) is 31.3 Å². The number of carboxylic acid groups (broad SMARTS) is 2. The third kappa shape index (κ3) is 7.00. The van der Waals surface area contributed by atoms with Crippen molar-refractivity contribution in [1.82, 2.24) is 0 Å². The first-order valence-corrected chi connectivity index (χ1v) is 3.83. The minimum atomic E-state index is -1.82. The minimum absolute atomic E-state index is 0. The first kappa shape index (κ1) is 16.0. The monoisotopic (exact) mass is 383 g/mol. The molecule has 0 spiro atoms. The second kappa shape index (κ2) is 7.91. The Labute approximate surface area is 95.9 Å². The molecular formula is C7H12N2O4Pt-2. The van der Waals surface area contributed by atoms with Crippen LogP contribution in [-0.4, -0.2) is 34.2 Å². The predicted molar refractivity (Wildman–Crippen MR) is 45.3 cm³/mol. The van der Waals surface area contributed by atoms with Crippen molar-refractivity contribution in [3.63, 3.8) is 0 Å². The number of carboxylic acids is 2. The molecule has 0 amide bonds. The standard InChI is InChI=1S/C5H10N2.C2H2O4.Pt/c6-4-2-1-3-5(4)7;3-1(4)2(5)6;/h4-7H,1-3H2;(H,3,4)(H,5,6);/q-2;;. The summed E-state index contributed by atoms with van der Waals surface area (Å²) in [4.78, 5) is 18.2. The molecule has 6 nitrogen and oxygen atoms in total. The third-order valence-corrected chi connectivity index (χ3v) is 1.70. The van der Waals surface area contributed by atoms with Crippen LogP contribution in [0.4, 0.5) is 0 Å². The third-order valence-electron chi connectivity index (χ3n) is 1.70. The number of carbonyl (C=O) groups is 2. The molecule has 1 saturated carbocycles. The van der Waals surface area contributed by atoms with Crippen molar-refractivity contribution >= 4 is 11.9 Å². The van der Waals surface area contributed by atoms with Gasteiger partial charge in [-0.3, -0.25) is 0 Å². The van der Waals surface area contributed by atoms with E-state index in [1.807, 2.05) is 0 Å². The summed E-state index contributed by atoms with van der Waals surface area (Å²) in [7, 11) is 0. The van der Waals surface area contributed by atoms with Crippen LogP contribution >= 0.6 is 0 Å². The van der Waals surface area contributed by atoms with Crippen molar-refractivity contribution in [3.05, 3.63) is 11.5 Å². The molecule has 0 aromatic heterocycles. The Kier molecular flexibility index (Phi) is 9.03. The zero-order valence-electron chi connectivity index (χ0n) is 7.30. The average Bonchev–Trinajstić information content (AvgIpc) is 2.37. The van der Waals surface area contributed by atoms with Crippen molar-refractivity contribution in [2.24, 2.45) is 0 Å².